The lowest BCUT2D eigenvalue weighted by atomic mass is 10.2. The summed E-state index contributed by atoms with van der Waals surface area (Å²) in [6.45, 7) is 7.44. The van der Waals surface area contributed by atoms with Crippen molar-refractivity contribution >= 4 is 29.4 Å². The smallest absolute Gasteiger partial charge is 0.246 e. The average Bonchev–Trinajstić information content (AvgIpc) is 3.03. The minimum atomic E-state index is -0.0295. The number of methoxy groups -OCH3 is 1. The maximum atomic E-state index is 12.6. The van der Waals surface area contributed by atoms with Crippen LogP contribution in [0.4, 0.5) is 5.82 Å². The van der Waals surface area contributed by atoms with Crippen LogP contribution in [0.3, 0.4) is 0 Å². The lowest BCUT2D eigenvalue weighted by molar-refractivity contribution is -0.126. The maximum Gasteiger partial charge on any atom is 0.246 e. The van der Waals surface area contributed by atoms with E-state index >= 15 is 0 Å². The molecule has 3 heterocycles. The molecule has 0 unspecified atom stereocenters. The number of hydrogen-bond acceptors (Lipinski definition) is 6. The topological polar surface area (TPSA) is 76.4 Å². The molecule has 29 heavy (non-hydrogen) atoms. The molecule has 9 heteroatoms. The molecule has 0 saturated carbocycles. The van der Waals surface area contributed by atoms with Crippen LogP contribution in [0.5, 0.6) is 5.88 Å². The summed E-state index contributed by atoms with van der Waals surface area (Å²) in [5, 5.41) is 5.06. The van der Waals surface area contributed by atoms with Crippen LogP contribution in [0.2, 0.25) is 5.15 Å². The number of piperazine rings is 1. The van der Waals surface area contributed by atoms with Crippen LogP contribution in [-0.2, 0) is 11.3 Å². The molecule has 156 valence electrons. The number of carbonyl (C=O) groups excluding carboxylic acids is 1. The Kier molecular flexibility index (Phi) is 7.09. The molecule has 0 spiro atoms. The molecule has 1 fully saturated rings. The van der Waals surface area contributed by atoms with Gasteiger partial charge in [0.1, 0.15) is 5.15 Å². The SMILES string of the molecule is CCCCn1nc(C)c(C=CC(=O)N2CCN(c3cncc(OC)n3)CC2)c1Cl. The number of aromatic nitrogens is 4. The van der Waals surface area contributed by atoms with E-state index in [1.807, 2.05) is 11.8 Å². The summed E-state index contributed by atoms with van der Waals surface area (Å²) in [6, 6.07) is 0. The Morgan fingerprint density at radius 2 is 2.03 bits per heavy atom. The number of aryl methyl sites for hydroxylation is 2. The Bertz CT molecular complexity index is 874. The van der Waals surface area contributed by atoms with E-state index in [2.05, 4.69) is 26.9 Å². The van der Waals surface area contributed by atoms with Crippen molar-refractivity contribution in [3.63, 3.8) is 0 Å². The first-order valence-electron chi connectivity index (χ1n) is 9.84. The Morgan fingerprint density at radius 1 is 1.28 bits per heavy atom. The van der Waals surface area contributed by atoms with Crippen LogP contribution < -0.4 is 9.64 Å². The number of amides is 1. The van der Waals surface area contributed by atoms with E-state index in [-0.39, 0.29) is 5.91 Å². The molecule has 1 saturated heterocycles. The second kappa shape index (κ2) is 9.73. The molecule has 0 atom stereocenters. The number of halogens is 1. The third-order valence-corrected chi connectivity index (χ3v) is 5.35. The summed E-state index contributed by atoms with van der Waals surface area (Å²) >= 11 is 6.44. The van der Waals surface area contributed by atoms with Crippen molar-refractivity contribution in [2.75, 3.05) is 38.2 Å². The fourth-order valence-electron chi connectivity index (χ4n) is 3.22. The Labute approximate surface area is 176 Å². The summed E-state index contributed by atoms with van der Waals surface area (Å²) in [5.41, 5.74) is 1.64. The summed E-state index contributed by atoms with van der Waals surface area (Å²) < 4.78 is 6.93. The second-order valence-electron chi connectivity index (χ2n) is 6.93. The molecule has 0 aliphatic carbocycles. The van der Waals surface area contributed by atoms with Gasteiger partial charge in [-0.3, -0.25) is 14.5 Å². The number of nitrogens with zero attached hydrogens (tertiary/aromatic N) is 6. The van der Waals surface area contributed by atoms with E-state index in [1.54, 1.807) is 36.3 Å². The highest BCUT2D eigenvalue weighted by atomic mass is 35.5. The van der Waals surface area contributed by atoms with Crippen LogP contribution in [0.25, 0.3) is 6.08 Å². The van der Waals surface area contributed by atoms with Crippen LogP contribution >= 0.6 is 11.6 Å². The Morgan fingerprint density at radius 3 is 2.72 bits per heavy atom. The van der Waals surface area contributed by atoms with E-state index < -0.39 is 0 Å². The highest BCUT2D eigenvalue weighted by Gasteiger charge is 2.21. The molecule has 1 aliphatic heterocycles. The number of anilines is 1. The van der Waals surface area contributed by atoms with Gasteiger partial charge in [-0.2, -0.15) is 10.1 Å². The molecule has 0 radical (unpaired) electrons. The zero-order valence-electron chi connectivity index (χ0n) is 17.1. The summed E-state index contributed by atoms with van der Waals surface area (Å²) in [6.07, 6.45) is 8.74. The fraction of sp³-hybridized carbons (Fsp3) is 0.500. The average molecular weight is 419 g/mol. The quantitative estimate of drug-likeness (QED) is 0.643. The highest BCUT2D eigenvalue weighted by Crippen LogP contribution is 2.22. The van der Waals surface area contributed by atoms with Gasteiger partial charge in [-0.25, -0.2) is 0 Å². The predicted molar refractivity (Wildman–Crippen MR) is 113 cm³/mol. The molecular weight excluding hydrogens is 392 g/mol. The molecule has 0 aromatic carbocycles. The van der Waals surface area contributed by atoms with Gasteiger partial charge < -0.3 is 14.5 Å². The van der Waals surface area contributed by atoms with E-state index in [9.17, 15) is 4.79 Å². The van der Waals surface area contributed by atoms with Crippen LogP contribution in [0, 0.1) is 6.92 Å². The van der Waals surface area contributed by atoms with Crippen molar-refractivity contribution in [3.8, 4) is 5.88 Å². The molecule has 2 aromatic heterocycles. The molecule has 3 rings (SSSR count). The highest BCUT2D eigenvalue weighted by molar-refractivity contribution is 6.31. The molecular formula is C20H27ClN6O2. The first-order valence-corrected chi connectivity index (χ1v) is 10.2. The van der Waals surface area contributed by atoms with Gasteiger partial charge in [0.15, 0.2) is 5.82 Å². The van der Waals surface area contributed by atoms with Gasteiger partial charge >= 0.3 is 0 Å². The zero-order valence-corrected chi connectivity index (χ0v) is 17.9. The van der Waals surface area contributed by atoms with Gasteiger partial charge in [0.05, 0.1) is 25.2 Å². The van der Waals surface area contributed by atoms with Gasteiger partial charge in [0.2, 0.25) is 11.8 Å². The molecule has 8 nitrogen and oxygen atoms in total. The van der Waals surface area contributed by atoms with Gasteiger partial charge in [0, 0.05) is 44.4 Å². The first kappa shape index (κ1) is 21.1. The van der Waals surface area contributed by atoms with E-state index in [1.165, 1.54) is 0 Å². The second-order valence-corrected chi connectivity index (χ2v) is 7.29. The van der Waals surface area contributed by atoms with Crippen molar-refractivity contribution in [3.05, 3.63) is 34.9 Å². The van der Waals surface area contributed by atoms with Gasteiger partial charge in [-0.1, -0.05) is 24.9 Å². The molecule has 1 aliphatic rings. The van der Waals surface area contributed by atoms with Crippen LogP contribution in [0.1, 0.15) is 31.0 Å². The summed E-state index contributed by atoms with van der Waals surface area (Å²) in [7, 11) is 1.57. The first-order chi connectivity index (χ1) is 14.0. The third-order valence-electron chi connectivity index (χ3n) is 4.95. The molecule has 2 aromatic rings. The summed E-state index contributed by atoms with van der Waals surface area (Å²) in [4.78, 5) is 25.1. The normalized spacial score (nSPS) is 14.6. The number of hydrogen-bond donors (Lipinski definition) is 0. The zero-order chi connectivity index (χ0) is 20.8. The summed E-state index contributed by atoms with van der Waals surface area (Å²) in [5.74, 6) is 1.21. The molecule has 0 N–H and O–H groups in total. The minimum absolute atomic E-state index is 0.0295. The third kappa shape index (κ3) is 5.06. The Balaban J connectivity index is 1.59. The van der Waals surface area contributed by atoms with E-state index in [0.29, 0.717) is 37.2 Å². The van der Waals surface area contributed by atoms with Crippen molar-refractivity contribution in [1.82, 2.24) is 24.6 Å². The minimum Gasteiger partial charge on any atom is -0.480 e. The number of carbonyl (C=O) groups is 1. The van der Waals surface area contributed by atoms with Gasteiger partial charge in [-0.05, 0) is 19.4 Å². The monoisotopic (exact) mass is 418 g/mol. The Hall–Kier alpha value is -2.61. The largest absolute Gasteiger partial charge is 0.480 e. The van der Waals surface area contributed by atoms with Gasteiger partial charge in [-0.15, -0.1) is 0 Å². The fourth-order valence-corrected chi connectivity index (χ4v) is 3.54. The number of unbranched alkanes of at least 4 members (excludes halogenated alkanes) is 1. The lowest BCUT2D eigenvalue weighted by Crippen LogP contribution is -2.48. The standard InChI is InChI=1S/C20H27ClN6O2/c1-4-5-8-27-20(21)16(15(2)24-27)6-7-19(28)26-11-9-25(10-12-26)17-13-22-14-18(23-17)29-3/h6-7,13-14H,4-5,8-12H2,1-3H3. The predicted octanol–water partition coefficient (Wildman–Crippen LogP) is 2.81. The van der Waals surface area contributed by atoms with Crippen molar-refractivity contribution < 1.29 is 9.53 Å². The van der Waals surface area contributed by atoms with Crippen molar-refractivity contribution in [2.24, 2.45) is 0 Å². The van der Waals surface area contributed by atoms with Crippen molar-refractivity contribution in [2.45, 2.75) is 33.2 Å². The van der Waals surface area contributed by atoms with E-state index in [0.717, 1.165) is 36.5 Å². The van der Waals surface area contributed by atoms with E-state index in [4.69, 9.17) is 16.3 Å². The molecule has 0 bridgehead atoms. The molecule has 1 amide bonds. The van der Waals surface area contributed by atoms with Gasteiger partial charge in [0.25, 0.3) is 0 Å². The maximum absolute atomic E-state index is 12.6. The van der Waals surface area contributed by atoms with Crippen molar-refractivity contribution in [1.29, 1.82) is 0 Å². The lowest BCUT2D eigenvalue weighted by Gasteiger charge is -2.34. The number of rotatable bonds is 7. The van der Waals surface area contributed by atoms with Crippen LogP contribution in [0.15, 0.2) is 18.5 Å². The van der Waals surface area contributed by atoms with Crippen LogP contribution in [-0.4, -0.2) is 63.8 Å². The number of ether oxygens (including phenoxy) is 1.